The largest absolute Gasteiger partial charge is 0.481 e. The number of nitrogens with one attached hydrogen (secondary N) is 1. The van der Waals surface area contributed by atoms with E-state index in [0.717, 1.165) is 0 Å². The van der Waals surface area contributed by atoms with Gasteiger partial charge in [0.25, 0.3) is 0 Å². The molecule has 1 atom stereocenters. The lowest BCUT2D eigenvalue weighted by molar-refractivity contribution is -0.139. The Bertz CT molecular complexity index is 566. The molecule has 20 heavy (non-hydrogen) atoms. The zero-order valence-corrected chi connectivity index (χ0v) is 12.8. The Balaban J connectivity index is 3.33. The van der Waals surface area contributed by atoms with Gasteiger partial charge in [0.1, 0.15) is 0 Å². The predicted molar refractivity (Wildman–Crippen MR) is 77.1 cm³/mol. The van der Waals surface area contributed by atoms with Crippen LogP contribution in [0, 0.1) is 5.92 Å². The number of sulfonamides is 1. The number of hydrogen-bond donors (Lipinski definition) is 2. The van der Waals surface area contributed by atoms with E-state index in [2.05, 4.69) is 4.72 Å². The average Bonchev–Trinajstić information content (AvgIpc) is 2.35. The summed E-state index contributed by atoms with van der Waals surface area (Å²) in [7, 11) is -3.67. The van der Waals surface area contributed by atoms with Crippen molar-refractivity contribution < 1.29 is 18.3 Å². The van der Waals surface area contributed by atoms with Gasteiger partial charge in [0, 0.05) is 6.54 Å². The van der Waals surface area contributed by atoms with Crippen molar-refractivity contribution in [2.24, 2.45) is 5.92 Å². The number of aliphatic carboxylic acids is 1. The summed E-state index contributed by atoms with van der Waals surface area (Å²) in [5.41, 5.74) is 0.342. The van der Waals surface area contributed by atoms with Gasteiger partial charge in [-0.1, -0.05) is 39.0 Å². The van der Waals surface area contributed by atoms with Gasteiger partial charge < -0.3 is 5.11 Å². The summed E-state index contributed by atoms with van der Waals surface area (Å²) in [5.74, 6) is -1.66. The molecule has 0 spiro atoms. The molecule has 0 fully saturated rings. The third-order valence-corrected chi connectivity index (χ3v) is 4.54. The maximum absolute atomic E-state index is 12.2. The Kier molecular flexibility index (Phi) is 5.71. The van der Waals surface area contributed by atoms with Gasteiger partial charge in [-0.2, -0.15) is 0 Å². The highest BCUT2D eigenvalue weighted by atomic mass is 32.2. The molecule has 0 saturated heterocycles. The number of hydrogen-bond acceptors (Lipinski definition) is 3. The van der Waals surface area contributed by atoms with Crippen molar-refractivity contribution in [2.75, 3.05) is 6.54 Å². The zero-order chi connectivity index (χ0) is 15.3. The van der Waals surface area contributed by atoms with E-state index in [-0.39, 0.29) is 17.4 Å². The minimum Gasteiger partial charge on any atom is -0.481 e. The van der Waals surface area contributed by atoms with Crippen LogP contribution >= 0.6 is 0 Å². The van der Waals surface area contributed by atoms with Crippen molar-refractivity contribution in [3.8, 4) is 0 Å². The molecular formula is C14H21NO4S. The van der Waals surface area contributed by atoms with E-state index in [4.69, 9.17) is 0 Å². The number of benzene rings is 1. The third-order valence-electron chi connectivity index (χ3n) is 2.92. The van der Waals surface area contributed by atoms with Gasteiger partial charge in [-0.25, -0.2) is 13.1 Å². The monoisotopic (exact) mass is 299 g/mol. The van der Waals surface area contributed by atoms with E-state index >= 15 is 0 Å². The van der Waals surface area contributed by atoms with Crippen molar-refractivity contribution in [3.05, 3.63) is 29.8 Å². The summed E-state index contributed by atoms with van der Waals surface area (Å²) < 4.78 is 26.7. The van der Waals surface area contributed by atoms with Crippen LogP contribution in [0.1, 0.15) is 38.7 Å². The maximum Gasteiger partial charge on any atom is 0.311 e. The Morgan fingerprint density at radius 1 is 1.30 bits per heavy atom. The maximum atomic E-state index is 12.2. The topological polar surface area (TPSA) is 83.5 Å². The molecule has 1 rings (SSSR count). The van der Waals surface area contributed by atoms with Crippen molar-refractivity contribution >= 4 is 16.0 Å². The van der Waals surface area contributed by atoms with Crippen molar-refractivity contribution in [2.45, 2.75) is 38.0 Å². The molecule has 1 aromatic rings. The molecule has 0 amide bonds. The molecule has 0 aliphatic rings. The fourth-order valence-electron chi connectivity index (χ4n) is 2.11. The minimum absolute atomic E-state index is 0.0508. The zero-order valence-electron chi connectivity index (χ0n) is 12.0. The first-order valence-corrected chi connectivity index (χ1v) is 8.09. The fourth-order valence-corrected chi connectivity index (χ4v) is 3.43. The summed E-state index contributed by atoms with van der Waals surface area (Å²) in [4.78, 5) is 11.5. The van der Waals surface area contributed by atoms with E-state index in [9.17, 15) is 18.3 Å². The van der Waals surface area contributed by atoms with Crippen molar-refractivity contribution in [1.82, 2.24) is 4.72 Å². The van der Waals surface area contributed by atoms with Crippen LogP contribution in [0.4, 0.5) is 0 Å². The van der Waals surface area contributed by atoms with Crippen LogP contribution in [0.2, 0.25) is 0 Å². The molecule has 2 N–H and O–H groups in total. The van der Waals surface area contributed by atoms with Crippen LogP contribution in [0.3, 0.4) is 0 Å². The summed E-state index contributed by atoms with van der Waals surface area (Å²) in [6, 6.07) is 6.29. The number of carbonyl (C=O) groups is 1. The second-order valence-corrected chi connectivity index (χ2v) is 6.79. The highest BCUT2D eigenvalue weighted by Gasteiger charge is 2.27. The van der Waals surface area contributed by atoms with Gasteiger partial charge in [0.15, 0.2) is 0 Å². The van der Waals surface area contributed by atoms with Crippen LogP contribution in [-0.4, -0.2) is 26.0 Å². The van der Waals surface area contributed by atoms with Gasteiger partial charge in [0.2, 0.25) is 10.0 Å². The lowest BCUT2D eigenvalue weighted by atomic mass is 9.90. The van der Waals surface area contributed by atoms with Crippen LogP contribution in [0.5, 0.6) is 0 Å². The molecular weight excluding hydrogens is 278 g/mol. The average molecular weight is 299 g/mol. The van der Waals surface area contributed by atoms with Gasteiger partial charge in [-0.15, -0.1) is 0 Å². The Labute approximate surface area is 120 Å². The smallest absolute Gasteiger partial charge is 0.311 e. The second kappa shape index (κ2) is 6.85. The van der Waals surface area contributed by atoms with Gasteiger partial charge in [-0.05, 0) is 24.0 Å². The molecule has 0 radical (unpaired) electrons. The van der Waals surface area contributed by atoms with E-state index in [0.29, 0.717) is 12.0 Å². The highest BCUT2D eigenvalue weighted by molar-refractivity contribution is 7.89. The van der Waals surface area contributed by atoms with E-state index in [1.807, 2.05) is 13.8 Å². The Hall–Kier alpha value is -1.40. The molecule has 0 heterocycles. The standard InChI is InChI=1S/C14H21NO4S/c1-4-15-20(18,19)13-8-6-5-7-11(13)12(14(16)17)9-10(2)3/h5-8,10,12,15H,4,9H2,1-3H3,(H,16,17). The van der Waals surface area contributed by atoms with Crippen LogP contribution < -0.4 is 4.72 Å². The molecule has 0 bridgehead atoms. The van der Waals surface area contributed by atoms with E-state index < -0.39 is 21.9 Å². The van der Waals surface area contributed by atoms with Crippen molar-refractivity contribution in [1.29, 1.82) is 0 Å². The SMILES string of the molecule is CCNS(=O)(=O)c1ccccc1C(CC(C)C)C(=O)O. The van der Waals surface area contributed by atoms with E-state index in [1.54, 1.807) is 25.1 Å². The number of rotatable bonds is 7. The highest BCUT2D eigenvalue weighted by Crippen LogP contribution is 2.29. The normalized spacial score (nSPS) is 13.4. The van der Waals surface area contributed by atoms with Gasteiger partial charge in [0.05, 0.1) is 10.8 Å². The molecule has 0 saturated carbocycles. The third kappa shape index (κ3) is 4.05. The summed E-state index contributed by atoms with van der Waals surface area (Å²) in [5, 5.41) is 9.38. The van der Waals surface area contributed by atoms with E-state index in [1.165, 1.54) is 6.07 Å². The molecule has 0 aromatic heterocycles. The summed E-state index contributed by atoms with van der Waals surface area (Å²) in [6.45, 7) is 5.77. The lowest BCUT2D eigenvalue weighted by Crippen LogP contribution is -2.26. The van der Waals surface area contributed by atoms with Gasteiger partial charge >= 0.3 is 5.97 Å². The first kappa shape index (κ1) is 16.7. The molecule has 0 aliphatic carbocycles. The predicted octanol–water partition coefficient (Wildman–Crippen LogP) is 2.20. The minimum atomic E-state index is -3.67. The lowest BCUT2D eigenvalue weighted by Gasteiger charge is -2.18. The fraction of sp³-hybridized carbons (Fsp3) is 0.500. The summed E-state index contributed by atoms with van der Waals surface area (Å²) >= 11 is 0. The summed E-state index contributed by atoms with van der Waals surface area (Å²) in [6.07, 6.45) is 0.397. The van der Waals surface area contributed by atoms with Crippen LogP contribution in [0.15, 0.2) is 29.2 Å². The Morgan fingerprint density at radius 2 is 1.90 bits per heavy atom. The first-order valence-electron chi connectivity index (χ1n) is 6.61. The second-order valence-electron chi connectivity index (χ2n) is 5.06. The van der Waals surface area contributed by atoms with Gasteiger partial charge in [-0.3, -0.25) is 4.79 Å². The number of carboxylic acids is 1. The quantitative estimate of drug-likeness (QED) is 0.808. The van der Waals surface area contributed by atoms with Crippen LogP contribution in [-0.2, 0) is 14.8 Å². The molecule has 1 aromatic carbocycles. The first-order chi connectivity index (χ1) is 9.29. The van der Waals surface area contributed by atoms with Crippen LogP contribution in [0.25, 0.3) is 0 Å². The molecule has 5 nitrogen and oxygen atoms in total. The molecule has 1 unspecified atom stereocenters. The molecule has 112 valence electrons. The number of carboxylic acid groups (broad SMARTS) is 1. The molecule has 0 aliphatic heterocycles. The van der Waals surface area contributed by atoms with Crippen molar-refractivity contribution in [3.63, 3.8) is 0 Å². The molecule has 6 heteroatoms. The Morgan fingerprint density at radius 3 is 2.40 bits per heavy atom.